The topological polar surface area (TPSA) is 50.2 Å². The van der Waals surface area contributed by atoms with Gasteiger partial charge in [0.15, 0.2) is 11.0 Å². The average Bonchev–Trinajstić information content (AvgIpc) is 3.11. The number of para-hydroxylation sites is 3. The Morgan fingerprint density at radius 3 is 2.62 bits per heavy atom. The third-order valence-electron chi connectivity index (χ3n) is 4.07. The third kappa shape index (κ3) is 2.09. The van der Waals surface area contributed by atoms with Crippen LogP contribution in [0.25, 0.3) is 11.0 Å². The van der Waals surface area contributed by atoms with E-state index < -0.39 is 0 Å². The maximum Gasteiger partial charge on any atom is 0.258 e. The molecule has 0 bridgehead atoms. The van der Waals surface area contributed by atoms with Crippen LogP contribution in [0, 0.1) is 0 Å². The summed E-state index contributed by atoms with van der Waals surface area (Å²) in [5.74, 6) is 1.39. The van der Waals surface area contributed by atoms with E-state index in [-0.39, 0.29) is 11.8 Å². The van der Waals surface area contributed by atoms with E-state index >= 15 is 0 Å². The van der Waals surface area contributed by atoms with Crippen molar-refractivity contribution in [3.63, 3.8) is 0 Å². The number of carbonyl (C=O) groups is 1. The number of anilines is 1. The summed E-state index contributed by atoms with van der Waals surface area (Å²) in [6, 6.07) is 18.0. The molecule has 1 saturated heterocycles. The lowest BCUT2D eigenvalue weighted by atomic mass is 10.1. The first kappa shape index (κ1) is 12.1. The molecule has 1 amide bonds. The Labute approximate surface area is 122 Å². The van der Waals surface area contributed by atoms with E-state index in [1.54, 1.807) is 0 Å². The van der Waals surface area contributed by atoms with Gasteiger partial charge in [0, 0.05) is 18.7 Å². The molecule has 1 aliphatic rings. The van der Waals surface area contributed by atoms with Crippen molar-refractivity contribution in [3.05, 3.63) is 60.4 Å². The highest BCUT2D eigenvalue weighted by molar-refractivity contribution is 5.96. The fraction of sp³-hybridized carbons (Fsp3) is 0.176. The van der Waals surface area contributed by atoms with Gasteiger partial charge < -0.3 is 4.90 Å². The summed E-state index contributed by atoms with van der Waals surface area (Å²) in [5.41, 5.74) is 3.14. The molecule has 1 aliphatic heterocycles. The Bertz CT molecular complexity index is 761. The number of hydrogen-bond acceptors (Lipinski definition) is 1. The van der Waals surface area contributed by atoms with E-state index in [0.717, 1.165) is 22.5 Å². The maximum atomic E-state index is 12.3. The van der Waals surface area contributed by atoms with Crippen molar-refractivity contribution in [1.82, 2.24) is 4.98 Å². The van der Waals surface area contributed by atoms with Gasteiger partial charge in [-0.3, -0.25) is 4.79 Å². The third-order valence-corrected chi connectivity index (χ3v) is 4.07. The first-order valence-electron chi connectivity index (χ1n) is 7.16. The SMILES string of the molecule is O=C1CC(c2[nH]c3ccccc3[nH+]2)CN1c1ccccc1. The van der Waals surface area contributed by atoms with Crippen LogP contribution in [-0.2, 0) is 4.79 Å². The fourth-order valence-corrected chi connectivity index (χ4v) is 2.99. The lowest BCUT2D eigenvalue weighted by Crippen LogP contribution is -2.24. The van der Waals surface area contributed by atoms with Crippen LogP contribution in [-0.4, -0.2) is 17.4 Å². The van der Waals surface area contributed by atoms with Crippen LogP contribution in [0.4, 0.5) is 5.69 Å². The molecule has 1 aromatic heterocycles. The van der Waals surface area contributed by atoms with Crippen molar-refractivity contribution in [2.75, 3.05) is 11.4 Å². The van der Waals surface area contributed by atoms with Crippen molar-refractivity contribution in [2.45, 2.75) is 12.3 Å². The van der Waals surface area contributed by atoms with Gasteiger partial charge in [0.25, 0.3) is 5.82 Å². The summed E-state index contributed by atoms with van der Waals surface area (Å²) in [4.78, 5) is 20.9. The number of carbonyl (C=O) groups excluding carboxylic acids is 1. The van der Waals surface area contributed by atoms with Gasteiger partial charge in [0.1, 0.15) is 0 Å². The number of aromatic nitrogens is 2. The number of imidazole rings is 1. The van der Waals surface area contributed by atoms with Gasteiger partial charge in [-0.1, -0.05) is 30.3 Å². The van der Waals surface area contributed by atoms with Gasteiger partial charge >= 0.3 is 0 Å². The van der Waals surface area contributed by atoms with E-state index in [1.165, 1.54) is 0 Å². The molecule has 2 heterocycles. The van der Waals surface area contributed by atoms with Crippen LogP contribution < -0.4 is 9.88 Å². The molecule has 4 rings (SSSR count). The van der Waals surface area contributed by atoms with Gasteiger partial charge in [-0.05, 0) is 24.3 Å². The summed E-state index contributed by atoms with van der Waals surface area (Å²) < 4.78 is 0. The molecule has 104 valence electrons. The predicted molar refractivity (Wildman–Crippen MR) is 81.0 cm³/mol. The molecule has 2 N–H and O–H groups in total. The van der Waals surface area contributed by atoms with Gasteiger partial charge in [-0.2, -0.15) is 0 Å². The Hall–Kier alpha value is -2.62. The number of fused-ring (bicyclic) bond motifs is 1. The number of nitrogens with one attached hydrogen (secondary N) is 2. The zero-order valence-corrected chi connectivity index (χ0v) is 11.5. The van der Waals surface area contributed by atoms with Crippen molar-refractivity contribution in [3.8, 4) is 0 Å². The average molecular weight is 278 g/mol. The number of hydrogen-bond donors (Lipinski definition) is 1. The second-order valence-electron chi connectivity index (χ2n) is 5.45. The summed E-state index contributed by atoms with van der Waals surface area (Å²) in [6.45, 7) is 0.714. The highest BCUT2D eigenvalue weighted by Crippen LogP contribution is 2.29. The van der Waals surface area contributed by atoms with Gasteiger partial charge in [0.2, 0.25) is 5.91 Å². The standard InChI is InChI=1S/C17H15N3O/c21-16-10-12(11-20(16)13-6-2-1-3-7-13)17-18-14-8-4-5-9-15(14)19-17/h1-9,12H,10-11H2,(H,18,19)/p+1. The van der Waals surface area contributed by atoms with E-state index in [0.29, 0.717) is 13.0 Å². The van der Waals surface area contributed by atoms with Crippen LogP contribution >= 0.6 is 0 Å². The van der Waals surface area contributed by atoms with Crippen LogP contribution in [0.3, 0.4) is 0 Å². The van der Waals surface area contributed by atoms with Crippen LogP contribution in [0.1, 0.15) is 18.2 Å². The zero-order chi connectivity index (χ0) is 14.2. The molecule has 1 atom stereocenters. The molecule has 21 heavy (non-hydrogen) atoms. The molecule has 0 saturated carbocycles. The maximum absolute atomic E-state index is 12.3. The molecule has 0 spiro atoms. The largest absolute Gasteiger partial charge is 0.311 e. The van der Waals surface area contributed by atoms with Crippen LogP contribution in [0.5, 0.6) is 0 Å². The molecule has 3 aromatic rings. The summed E-state index contributed by atoms with van der Waals surface area (Å²) >= 11 is 0. The quantitative estimate of drug-likeness (QED) is 0.769. The summed E-state index contributed by atoms with van der Waals surface area (Å²) in [5, 5.41) is 0. The van der Waals surface area contributed by atoms with Gasteiger partial charge in [-0.25, -0.2) is 9.97 Å². The fourth-order valence-electron chi connectivity index (χ4n) is 2.99. The lowest BCUT2D eigenvalue weighted by molar-refractivity contribution is -0.360. The zero-order valence-electron chi connectivity index (χ0n) is 11.5. The van der Waals surface area contributed by atoms with E-state index in [2.05, 4.69) is 9.97 Å². The Morgan fingerprint density at radius 1 is 1.05 bits per heavy atom. The predicted octanol–water partition coefficient (Wildman–Crippen LogP) is 2.50. The Balaban J connectivity index is 1.64. The van der Waals surface area contributed by atoms with E-state index in [1.807, 2.05) is 59.5 Å². The van der Waals surface area contributed by atoms with Gasteiger partial charge in [-0.15, -0.1) is 0 Å². The second kappa shape index (κ2) is 4.74. The second-order valence-corrected chi connectivity index (χ2v) is 5.45. The van der Waals surface area contributed by atoms with Crippen LogP contribution in [0.2, 0.25) is 0 Å². The van der Waals surface area contributed by atoms with Gasteiger partial charge in [0.05, 0.1) is 5.92 Å². The number of rotatable bonds is 2. The highest BCUT2D eigenvalue weighted by atomic mass is 16.2. The summed E-state index contributed by atoms with van der Waals surface area (Å²) in [6.07, 6.45) is 0.540. The Kier molecular flexibility index (Phi) is 2.74. The minimum absolute atomic E-state index is 0.179. The molecule has 0 radical (unpaired) electrons. The normalized spacial score (nSPS) is 18.6. The minimum Gasteiger partial charge on any atom is -0.311 e. The molecule has 4 heteroatoms. The van der Waals surface area contributed by atoms with Crippen molar-refractivity contribution >= 4 is 22.6 Å². The van der Waals surface area contributed by atoms with Crippen molar-refractivity contribution in [1.29, 1.82) is 0 Å². The van der Waals surface area contributed by atoms with E-state index in [9.17, 15) is 4.79 Å². The molecule has 4 nitrogen and oxygen atoms in total. The lowest BCUT2D eigenvalue weighted by Gasteiger charge is -2.15. The molecule has 1 fully saturated rings. The minimum atomic E-state index is 0.179. The number of amides is 1. The Morgan fingerprint density at radius 2 is 1.81 bits per heavy atom. The molecular formula is C17H16N3O+. The summed E-state index contributed by atoms with van der Waals surface area (Å²) in [7, 11) is 0. The van der Waals surface area contributed by atoms with E-state index in [4.69, 9.17) is 0 Å². The monoisotopic (exact) mass is 278 g/mol. The highest BCUT2D eigenvalue weighted by Gasteiger charge is 2.36. The molecular weight excluding hydrogens is 262 g/mol. The molecule has 0 aliphatic carbocycles. The number of nitrogens with zero attached hydrogens (tertiary/aromatic N) is 1. The molecule has 2 aromatic carbocycles. The first-order chi connectivity index (χ1) is 10.3. The van der Waals surface area contributed by atoms with Crippen LogP contribution in [0.15, 0.2) is 54.6 Å². The smallest absolute Gasteiger partial charge is 0.258 e. The van der Waals surface area contributed by atoms with Crippen molar-refractivity contribution < 1.29 is 9.78 Å². The molecule has 1 unspecified atom stereocenters. The number of H-pyrrole nitrogens is 2. The van der Waals surface area contributed by atoms with Crippen molar-refractivity contribution in [2.24, 2.45) is 0 Å². The number of aromatic amines is 2. The number of benzene rings is 2. The first-order valence-corrected chi connectivity index (χ1v) is 7.16.